The molecule has 0 fully saturated rings. The lowest BCUT2D eigenvalue weighted by Gasteiger charge is -2.25. The quantitative estimate of drug-likeness (QED) is 0.179. The second-order valence-corrected chi connectivity index (χ2v) is 11.9. The summed E-state index contributed by atoms with van der Waals surface area (Å²) in [7, 11) is 0. The van der Waals surface area contributed by atoms with E-state index in [2.05, 4.69) is 15.9 Å². The van der Waals surface area contributed by atoms with Crippen molar-refractivity contribution in [3.63, 3.8) is 0 Å². The van der Waals surface area contributed by atoms with E-state index in [1.165, 1.54) is 28.0 Å². The zero-order valence-electron chi connectivity index (χ0n) is 23.6. The van der Waals surface area contributed by atoms with Crippen molar-refractivity contribution in [1.29, 1.82) is 0 Å². The van der Waals surface area contributed by atoms with Gasteiger partial charge in [0.15, 0.2) is 4.80 Å². The molecule has 220 valence electrons. The lowest BCUT2D eigenvalue weighted by molar-refractivity contribution is -0.138. The van der Waals surface area contributed by atoms with Crippen molar-refractivity contribution in [3.05, 3.63) is 161 Å². The predicted molar refractivity (Wildman–Crippen MR) is 172 cm³/mol. The van der Waals surface area contributed by atoms with Crippen LogP contribution >= 0.6 is 27.3 Å². The number of halogens is 2. The SMILES string of the molecule is CCOC(=O)C1=C(c2ccccc2)N=c2s/c(=C\c3ccccc3OCc3ccc(Br)cc3)c(=O)n2[C@H]1c1ccc(F)cc1. The van der Waals surface area contributed by atoms with Crippen LogP contribution in [0.1, 0.15) is 35.2 Å². The van der Waals surface area contributed by atoms with Gasteiger partial charge in [-0.3, -0.25) is 9.36 Å². The highest BCUT2D eigenvalue weighted by Crippen LogP contribution is 2.35. The van der Waals surface area contributed by atoms with Gasteiger partial charge in [-0.25, -0.2) is 14.2 Å². The third-order valence-corrected chi connectivity index (χ3v) is 8.58. The van der Waals surface area contributed by atoms with Gasteiger partial charge in [-0.15, -0.1) is 0 Å². The molecule has 0 saturated heterocycles. The maximum Gasteiger partial charge on any atom is 0.338 e. The largest absolute Gasteiger partial charge is 0.488 e. The number of benzene rings is 4. The number of ether oxygens (including phenoxy) is 2. The van der Waals surface area contributed by atoms with Crippen LogP contribution in [0.3, 0.4) is 0 Å². The van der Waals surface area contributed by atoms with Crippen molar-refractivity contribution in [2.45, 2.75) is 19.6 Å². The fraction of sp³-hybridized carbons (Fsp3) is 0.114. The van der Waals surface area contributed by atoms with Crippen LogP contribution in [-0.2, 0) is 16.1 Å². The van der Waals surface area contributed by atoms with Crippen LogP contribution in [0.2, 0.25) is 0 Å². The first-order valence-electron chi connectivity index (χ1n) is 13.9. The van der Waals surface area contributed by atoms with E-state index in [0.29, 0.717) is 38.5 Å². The Kier molecular flexibility index (Phi) is 8.67. The van der Waals surface area contributed by atoms with Gasteiger partial charge in [-0.2, -0.15) is 0 Å². The summed E-state index contributed by atoms with van der Waals surface area (Å²) < 4.78 is 28.5. The summed E-state index contributed by atoms with van der Waals surface area (Å²) >= 11 is 4.67. The second-order valence-electron chi connectivity index (χ2n) is 9.94. The van der Waals surface area contributed by atoms with E-state index in [-0.39, 0.29) is 17.7 Å². The molecule has 0 aliphatic carbocycles. The van der Waals surface area contributed by atoms with E-state index in [1.54, 1.807) is 25.1 Å². The van der Waals surface area contributed by atoms with Crippen molar-refractivity contribution in [1.82, 2.24) is 4.57 Å². The number of esters is 1. The summed E-state index contributed by atoms with van der Waals surface area (Å²) in [6.07, 6.45) is 1.78. The number of carbonyl (C=O) groups is 1. The molecule has 6 rings (SSSR count). The van der Waals surface area contributed by atoms with Crippen molar-refractivity contribution in [2.75, 3.05) is 6.61 Å². The number of hydrogen-bond acceptors (Lipinski definition) is 6. The van der Waals surface area contributed by atoms with Crippen molar-refractivity contribution >= 4 is 45.0 Å². The Morgan fingerprint density at radius 1 is 0.977 bits per heavy atom. The first-order chi connectivity index (χ1) is 21.4. The van der Waals surface area contributed by atoms with E-state index < -0.39 is 17.8 Å². The lowest BCUT2D eigenvalue weighted by atomic mass is 9.93. The Bertz CT molecular complexity index is 2040. The summed E-state index contributed by atoms with van der Waals surface area (Å²) in [6.45, 7) is 2.22. The molecule has 1 aliphatic heterocycles. The molecule has 44 heavy (non-hydrogen) atoms. The molecule has 9 heteroatoms. The Morgan fingerprint density at radius 2 is 1.68 bits per heavy atom. The highest BCUT2D eigenvalue weighted by molar-refractivity contribution is 9.10. The van der Waals surface area contributed by atoms with Gasteiger partial charge in [0.25, 0.3) is 5.56 Å². The van der Waals surface area contributed by atoms with Gasteiger partial charge in [-0.05, 0) is 54.5 Å². The van der Waals surface area contributed by atoms with Gasteiger partial charge in [0.1, 0.15) is 18.2 Å². The van der Waals surface area contributed by atoms with Gasteiger partial charge in [-0.1, -0.05) is 100 Å². The minimum Gasteiger partial charge on any atom is -0.488 e. The number of thiazole rings is 1. The van der Waals surface area contributed by atoms with Gasteiger partial charge in [0.05, 0.1) is 28.5 Å². The molecule has 0 radical (unpaired) electrons. The predicted octanol–water partition coefficient (Wildman–Crippen LogP) is 6.42. The molecular formula is C35H26BrFN2O4S. The maximum atomic E-state index is 14.1. The Balaban J connectivity index is 1.51. The minimum atomic E-state index is -0.882. The fourth-order valence-corrected chi connectivity index (χ4v) is 6.27. The molecule has 1 aliphatic rings. The first kappa shape index (κ1) is 29.5. The number of carbonyl (C=O) groups excluding carboxylic acids is 1. The fourth-order valence-electron chi connectivity index (χ4n) is 5.02. The smallest absolute Gasteiger partial charge is 0.338 e. The van der Waals surface area contributed by atoms with E-state index in [1.807, 2.05) is 78.9 Å². The number of para-hydroxylation sites is 1. The van der Waals surface area contributed by atoms with Crippen molar-refractivity contribution in [2.24, 2.45) is 4.99 Å². The molecule has 1 atom stereocenters. The summed E-state index contributed by atoms with van der Waals surface area (Å²) in [6, 6.07) is 29.6. The third-order valence-electron chi connectivity index (χ3n) is 7.07. The van der Waals surface area contributed by atoms with Gasteiger partial charge in [0.2, 0.25) is 0 Å². The normalized spacial score (nSPS) is 14.6. The molecule has 6 nitrogen and oxygen atoms in total. The summed E-state index contributed by atoms with van der Waals surface area (Å²) in [5.41, 5.74) is 3.27. The van der Waals surface area contributed by atoms with Crippen LogP contribution in [-0.4, -0.2) is 17.1 Å². The Morgan fingerprint density at radius 3 is 2.41 bits per heavy atom. The molecule has 0 spiro atoms. The number of hydrogen-bond donors (Lipinski definition) is 0. The molecule has 0 unspecified atom stereocenters. The van der Waals surface area contributed by atoms with E-state index in [9.17, 15) is 14.0 Å². The lowest BCUT2D eigenvalue weighted by Crippen LogP contribution is -2.40. The average Bonchev–Trinajstić information content (AvgIpc) is 3.35. The average molecular weight is 670 g/mol. The van der Waals surface area contributed by atoms with E-state index in [0.717, 1.165) is 15.6 Å². The third kappa shape index (κ3) is 6.06. The highest BCUT2D eigenvalue weighted by Gasteiger charge is 2.35. The van der Waals surface area contributed by atoms with Crippen LogP contribution in [0, 0.1) is 5.82 Å². The van der Waals surface area contributed by atoms with Gasteiger partial charge < -0.3 is 9.47 Å². The molecule has 0 bridgehead atoms. The Hall–Kier alpha value is -4.60. The number of nitrogens with zero attached hydrogens (tertiary/aromatic N) is 2. The molecule has 0 N–H and O–H groups in total. The molecule has 1 aromatic heterocycles. The van der Waals surface area contributed by atoms with Crippen LogP contribution in [0.5, 0.6) is 5.75 Å². The number of fused-ring (bicyclic) bond motifs is 1. The van der Waals surface area contributed by atoms with Crippen LogP contribution in [0.25, 0.3) is 11.8 Å². The molecule has 0 amide bonds. The molecular weight excluding hydrogens is 643 g/mol. The monoisotopic (exact) mass is 668 g/mol. The molecule has 4 aromatic carbocycles. The molecule has 5 aromatic rings. The van der Waals surface area contributed by atoms with Crippen molar-refractivity contribution in [3.8, 4) is 5.75 Å². The molecule has 0 saturated carbocycles. The zero-order valence-corrected chi connectivity index (χ0v) is 26.0. The van der Waals surface area contributed by atoms with Gasteiger partial charge in [0, 0.05) is 15.6 Å². The summed E-state index contributed by atoms with van der Waals surface area (Å²) in [5.74, 6) is -0.398. The van der Waals surface area contributed by atoms with Crippen LogP contribution < -0.4 is 19.6 Å². The standard InChI is InChI=1S/C35H26BrFN2O4S/c1-2-42-34(41)30-31(23-8-4-3-5-9-23)38-35-39(32(30)24-14-18-27(37)19-15-24)33(40)29(44-35)20-25-10-6-7-11-28(25)43-21-22-12-16-26(36)17-13-22/h3-20,32H,2,21H2,1H3/b29-20-/t32-/m0/s1. The topological polar surface area (TPSA) is 69.9 Å². The zero-order chi connectivity index (χ0) is 30.6. The summed E-state index contributed by atoms with van der Waals surface area (Å²) in [5, 5.41) is 0. The van der Waals surface area contributed by atoms with E-state index in [4.69, 9.17) is 14.5 Å². The minimum absolute atomic E-state index is 0.141. The Labute approximate surface area is 265 Å². The van der Waals surface area contributed by atoms with Crippen molar-refractivity contribution < 1.29 is 18.7 Å². The van der Waals surface area contributed by atoms with Gasteiger partial charge >= 0.3 is 5.97 Å². The number of aromatic nitrogens is 1. The second kappa shape index (κ2) is 13.0. The molecule has 2 heterocycles. The van der Waals surface area contributed by atoms with E-state index >= 15 is 0 Å². The highest BCUT2D eigenvalue weighted by atomic mass is 79.9. The van der Waals surface area contributed by atoms with Crippen LogP contribution in [0.15, 0.2) is 123 Å². The number of rotatable bonds is 8. The van der Waals surface area contributed by atoms with Crippen LogP contribution in [0.4, 0.5) is 4.39 Å². The summed E-state index contributed by atoms with van der Waals surface area (Å²) in [4.78, 5) is 33.0. The maximum absolute atomic E-state index is 14.1. The first-order valence-corrected chi connectivity index (χ1v) is 15.5.